The Kier molecular flexibility index (Phi) is 5.80. The van der Waals surface area contributed by atoms with Gasteiger partial charge in [-0.2, -0.15) is 13.2 Å². The maximum absolute atomic E-state index is 12.6. The van der Waals surface area contributed by atoms with E-state index < -0.39 is 12.7 Å². The Hall–Kier alpha value is -1.30. The largest absolute Gasteiger partial charge is 0.405 e. The van der Waals surface area contributed by atoms with Crippen LogP contribution in [0, 0.1) is 6.92 Å². The minimum atomic E-state index is -4.24. The van der Waals surface area contributed by atoms with Gasteiger partial charge in [0.05, 0.1) is 0 Å². The molecule has 0 unspecified atom stereocenters. The molecule has 0 bridgehead atoms. The second-order valence-corrected chi connectivity index (χ2v) is 5.10. The molecule has 1 heterocycles. The quantitative estimate of drug-likeness (QED) is 0.871. The zero-order chi connectivity index (χ0) is 15.3. The van der Waals surface area contributed by atoms with Crippen LogP contribution in [0.1, 0.15) is 31.9 Å². The number of halogens is 3. The molecule has 20 heavy (non-hydrogen) atoms. The molecule has 0 saturated carbocycles. The highest BCUT2D eigenvalue weighted by Crippen LogP contribution is 2.25. The first-order valence-electron chi connectivity index (χ1n) is 6.74. The van der Waals surface area contributed by atoms with Crippen molar-refractivity contribution in [3.63, 3.8) is 0 Å². The van der Waals surface area contributed by atoms with Crippen LogP contribution in [0.4, 0.5) is 19.0 Å². The molecule has 6 heteroatoms. The molecule has 114 valence electrons. The van der Waals surface area contributed by atoms with Crippen LogP contribution in [0.25, 0.3) is 0 Å². The van der Waals surface area contributed by atoms with Gasteiger partial charge in [0.1, 0.15) is 12.4 Å². The van der Waals surface area contributed by atoms with Gasteiger partial charge >= 0.3 is 6.18 Å². The summed E-state index contributed by atoms with van der Waals surface area (Å²) in [5.41, 5.74) is 1.74. The summed E-state index contributed by atoms with van der Waals surface area (Å²) in [6.07, 6.45) is -2.60. The predicted molar refractivity (Wildman–Crippen MR) is 74.9 cm³/mol. The topological polar surface area (TPSA) is 28.2 Å². The summed E-state index contributed by atoms with van der Waals surface area (Å²) in [5, 5.41) is 3.17. The van der Waals surface area contributed by atoms with Gasteiger partial charge in [-0.05, 0) is 44.5 Å². The maximum Gasteiger partial charge on any atom is 0.405 e. The van der Waals surface area contributed by atoms with Crippen molar-refractivity contribution in [1.82, 2.24) is 10.3 Å². The highest BCUT2D eigenvalue weighted by atomic mass is 19.4. The summed E-state index contributed by atoms with van der Waals surface area (Å²) < 4.78 is 37.9. The van der Waals surface area contributed by atoms with E-state index in [1.165, 1.54) is 4.90 Å². The lowest BCUT2D eigenvalue weighted by Gasteiger charge is -2.30. The minimum Gasteiger partial charge on any atom is -0.345 e. The Bertz CT molecular complexity index is 430. The van der Waals surface area contributed by atoms with Gasteiger partial charge in [-0.3, -0.25) is 0 Å². The Morgan fingerprint density at radius 1 is 1.35 bits per heavy atom. The molecule has 0 atom stereocenters. The van der Waals surface area contributed by atoms with Gasteiger partial charge in [0.25, 0.3) is 0 Å². The van der Waals surface area contributed by atoms with Crippen LogP contribution in [-0.2, 0) is 6.54 Å². The second kappa shape index (κ2) is 6.92. The fraction of sp³-hybridized carbons (Fsp3) is 0.643. The van der Waals surface area contributed by atoms with Crippen molar-refractivity contribution in [3.05, 3.63) is 23.4 Å². The van der Waals surface area contributed by atoms with Crippen LogP contribution in [0.15, 0.2) is 12.3 Å². The second-order valence-electron chi connectivity index (χ2n) is 5.10. The monoisotopic (exact) mass is 289 g/mol. The summed E-state index contributed by atoms with van der Waals surface area (Å²) in [7, 11) is 0. The van der Waals surface area contributed by atoms with E-state index in [-0.39, 0.29) is 6.04 Å². The molecule has 0 aliphatic carbocycles. The molecule has 0 aliphatic rings. The summed E-state index contributed by atoms with van der Waals surface area (Å²) >= 11 is 0. The highest BCUT2D eigenvalue weighted by molar-refractivity contribution is 5.48. The fourth-order valence-electron chi connectivity index (χ4n) is 1.99. The number of nitrogens with one attached hydrogen (secondary N) is 1. The van der Waals surface area contributed by atoms with E-state index in [0.29, 0.717) is 12.4 Å². The number of aromatic nitrogens is 1. The number of anilines is 1. The maximum atomic E-state index is 12.6. The average molecular weight is 289 g/mol. The van der Waals surface area contributed by atoms with Crippen LogP contribution >= 0.6 is 0 Å². The van der Waals surface area contributed by atoms with E-state index in [4.69, 9.17) is 0 Å². The number of hydrogen-bond acceptors (Lipinski definition) is 3. The van der Waals surface area contributed by atoms with Crippen molar-refractivity contribution in [3.8, 4) is 0 Å². The third kappa shape index (κ3) is 5.00. The zero-order valence-corrected chi connectivity index (χ0v) is 12.4. The van der Waals surface area contributed by atoms with Gasteiger partial charge in [0.15, 0.2) is 0 Å². The molecule has 1 N–H and O–H groups in total. The van der Waals surface area contributed by atoms with E-state index in [1.807, 2.05) is 13.0 Å². The molecule has 1 aromatic rings. The van der Waals surface area contributed by atoms with Crippen LogP contribution in [0.5, 0.6) is 0 Å². The Balaban J connectivity index is 2.97. The zero-order valence-electron chi connectivity index (χ0n) is 12.4. The standard InChI is InChI=1S/C14H22F3N3/c1-5-18-7-12-6-11(4)13(19-8-12)20(10(2)3)9-14(15,16)17/h6,8,10,18H,5,7,9H2,1-4H3. The number of pyridine rings is 1. The molecular weight excluding hydrogens is 267 g/mol. The third-order valence-electron chi connectivity index (χ3n) is 2.93. The summed E-state index contributed by atoms with van der Waals surface area (Å²) in [6.45, 7) is 7.80. The number of rotatable bonds is 6. The average Bonchev–Trinajstić information content (AvgIpc) is 2.32. The molecule has 3 nitrogen and oxygen atoms in total. The molecule has 1 aromatic heterocycles. The molecule has 0 aliphatic heterocycles. The van der Waals surface area contributed by atoms with E-state index >= 15 is 0 Å². The van der Waals surface area contributed by atoms with E-state index in [2.05, 4.69) is 10.3 Å². The van der Waals surface area contributed by atoms with Gasteiger partial charge in [0.2, 0.25) is 0 Å². The summed E-state index contributed by atoms with van der Waals surface area (Å²) in [4.78, 5) is 5.51. The molecule has 0 radical (unpaired) electrons. The molecular formula is C14H22F3N3. The molecule has 0 fully saturated rings. The third-order valence-corrected chi connectivity index (χ3v) is 2.93. The van der Waals surface area contributed by atoms with Gasteiger partial charge in [-0.25, -0.2) is 4.98 Å². The Morgan fingerprint density at radius 3 is 2.45 bits per heavy atom. The van der Waals surface area contributed by atoms with Gasteiger partial charge in [-0.15, -0.1) is 0 Å². The van der Waals surface area contributed by atoms with E-state index in [9.17, 15) is 13.2 Å². The first kappa shape index (κ1) is 16.8. The Labute approximate surface area is 118 Å². The Morgan fingerprint density at radius 2 is 2.00 bits per heavy atom. The van der Waals surface area contributed by atoms with Crippen LogP contribution in [-0.4, -0.2) is 30.3 Å². The summed E-state index contributed by atoms with van der Waals surface area (Å²) in [6, 6.07) is 1.62. The predicted octanol–water partition coefficient (Wildman–Crippen LogP) is 3.28. The lowest BCUT2D eigenvalue weighted by atomic mass is 10.1. The van der Waals surface area contributed by atoms with E-state index in [1.54, 1.807) is 27.0 Å². The van der Waals surface area contributed by atoms with Gasteiger partial charge in [-0.1, -0.05) is 6.92 Å². The van der Waals surface area contributed by atoms with Crippen molar-refractivity contribution >= 4 is 5.82 Å². The van der Waals surface area contributed by atoms with Crippen molar-refractivity contribution < 1.29 is 13.2 Å². The molecule has 1 rings (SSSR count). The van der Waals surface area contributed by atoms with Gasteiger partial charge in [0, 0.05) is 18.8 Å². The first-order chi connectivity index (χ1) is 9.24. The SMILES string of the molecule is CCNCc1cnc(N(CC(F)(F)F)C(C)C)c(C)c1. The number of hydrogen-bond donors (Lipinski definition) is 1. The first-order valence-corrected chi connectivity index (χ1v) is 6.74. The lowest BCUT2D eigenvalue weighted by molar-refractivity contribution is -0.120. The number of nitrogens with zero attached hydrogens (tertiary/aromatic N) is 2. The van der Waals surface area contributed by atoms with Crippen molar-refractivity contribution in [2.45, 2.75) is 46.5 Å². The van der Waals surface area contributed by atoms with Crippen molar-refractivity contribution in [1.29, 1.82) is 0 Å². The van der Waals surface area contributed by atoms with Crippen LogP contribution < -0.4 is 10.2 Å². The highest BCUT2D eigenvalue weighted by Gasteiger charge is 2.33. The van der Waals surface area contributed by atoms with Crippen molar-refractivity contribution in [2.24, 2.45) is 0 Å². The molecule has 0 aromatic carbocycles. The van der Waals surface area contributed by atoms with Gasteiger partial charge < -0.3 is 10.2 Å². The normalized spacial score (nSPS) is 12.0. The smallest absolute Gasteiger partial charge is 0.345 e. The fourth-order valence-corrected chi connectivity index (χ4v) is 1.99. The van der Waals surface area contributed by atoms with Crippen molar-refractivity contribution in [2.75, 3.05) is 18.0 Å². The minimum absolute atomic E-state index is 0.262. The molecule has 0 spiro atoms. The summed E-state index contributed by atoms with van der Waals surface area (Å²) in [5.74, 6) is 0.401. The molecule has 0 saturated heterocycles. The number of alkyl halides is 3. The lowest BCUT2D eigenvalue weighted by Crippen LogP contribution is -2.40. The molecule has 0 amide bonds. The van der Waals surface area contributed by atoms with Crippen LogP contribution in [0.3, 0.4) is 0 Å². The number of aryl methyl sites for hydroxylation is 1. The van der Waals surface area contributed by atoms with Crippen LogP contribution in [0.2, 0.25) is 0 Å². The van der Waals surface area contributed by atoms with E-state index in [0.717, 1.165) is 17.7 Å².